The second kappa shape index (κ2) is 7.09. The Hall–Kier alpha value is -2.33. The summed E-state index contributed by atoms with van der Waals surface area (Å²) < 4.78 is 5.40. The zero-order valence-electron chi connectivity index (χ0n) is 12.1. The zero-order chi connectivity index (χ0) is 15.2. The summed E-state index contributed by atoms with van der Waals surface area (Å²) in [7, 11) is 0. The number of amides is 1. The van der Waals surface area contributed by atoms with Crippen LogP contribution in [0, 0.1) is 0 Å². The molecule has 3 aromatic rings. The largest absolute Gasteiger partial charge is 0.467 e. The molecule has 0 aliphatic carbocycles. The number of furan rings is 1. The van der Waals surface area contributed by atoms with Crippen molar-refractivity contribution in [2.45, 2.75) is 19.5 Å². The molecule has 2 heterocycles. The number of benzene rings is 1. The van der Waals surface area contributed by atoms with Crippen molar-refractivity contribution in [1.29, 1.82) is 0 Å². The van der Waals surface area contributed by atoms with Crippen molar-refractivity contribution >= 4 is 17.2 Å². The maximum Gasteiger partial charge on any atom is 0.227 e. The van der Waals surface area contributed by atoms with E-state index in [0.717, 1.165) is 16.9 Å². The monoisotopic (exact) mass is 311 g/mol. The lowest BCUT2D eigenvalue weighted by molar-refractivity contribution is -0.132. The number of nitrogens with zero attached hydrogens (tertiary/aromatic N) is 1. The van der Waals surface area contributed by atoms with Crippen LogP contribution in [0.15, 0.2) is 70.0 Å². The van der Waals surface area contributed by atoms with Gasteiger partial charge in [0.1, 0.15) is 5.76 Å². The minimum Gasteiger partial charge on any atom is -0.467 e. The number of hydrogen-bond donors (Lipinski definition) is 0. The van der Waals surface area contributed by atoms with Gasteiger partial charge in [0, 0.05) is 6.54 Å². The van der Waals surface area contributed by atoms with Gasteiger partial charge in [0.2, 0.25) is 5.91 Å². The molecule has 1 aromatic carbocycles. The van der Waals surface area contributed by atoms with Gasteiger partial charge in [-0.1, -0.05) is 30.3 Å². The molecule has 0 radical (unpaired) electrons. The molecule has 3 nitrogen and oxygen atoms in total. The van der Waals surface area contributed by atoms with Gasteiger partial charge in [-0.15, -0.1) is 0 Å². The summed E-state index contributed by atoms with van der Waals surface area (Å²) in [5.74, 6) is 0.910. The Kier molecular flexibility index (Phi) is 4.71. The van der Waals surface area contributed by atoms with Gasteiger partial charge in [0.15, 0.2) is 0 Å². The van der Waals surface area contributed by atoms with Crippen LogP contribution in [0.5, 0.6) is 0 Å². The quantitative estimate of drug-likeness (QED) is 0.686. The van der Waals surface area contributed by atoms with Crippen molar-refractivity contribution in [2.75, 3.05) is 0 Å². The smallest absolute Gasteiger partial charge is 0.227 e. The number of hydrogen-bond acceptors (Lipinski definition) is 3. The van der Waals surface area contributed by atoms with Crippen molar-refractivity contribution in [3.05, 3.63) is 82.4 Å². The van der Waals surface area contributed by atoms with Crippen LogP contribution < -0.4 is 0 Å². The topological polar surface area (TPSA) is 33.5 Å². The predicted octanol–water partition coefficient (Wildman–Crippen LogP) is 4.11. The molecule has 1 amide bonds. The normalized spacial score (nSPS) is 10.5. The van der Waals surface area contributed by atoms with E-state index in [1.165, 1.54) is 0 Å². The first-order chi connectivity index (χ1) is 10.8. The van der Waals surface area contributed by atoms with E-state index in [9.17, 15) is 4.79 Å². The summed E-state index contributed by atoms with van der Waals surface area (Å²) in [5.41, 5.74) is 2.18. The van der Waals surface area contributed by atoms with Crippen LogP contribution in [-0.2, 0) is 24.3 Å². The maximum absolute atomic E-state index is 12.6. The van der Waals surface area contributed by atoms with Crippen molar-refractivity contribution in [3.63, 3.8) is 0 Å². The molecule has 0 unspecified atom stereocenters. The Balaban J connectivity index is 1.74. The Labute approximate surface area is 133 Å². The van der Waals surface area contributed by atoms with Crippen LogP contribution in [0.4, 0.5) is 0 Å². The van der Waals surface area contributed by atoms with Crippen LogP contribution in [0.3, 0.4) is 0 Å². The van der Waals surface area contributed by atoms with Gasteiger partial charge in [0.05, 0.1) is 19.2 Å². The van der Waals surface area contributed by atoms with Crippen LogP contribution in [0.25, 0.3) is 0 Å². The molecule has 112 valence electrons. The molecule has 0 saturated heterocycles. The summed E-state index contributed by atoms with van der Waals surface area (Å²) >= 11 is 1.61. The van der Waals surface area contributed by atoms with E-state index in [0.29, 0.717) is 19.5 Å². The van der Waals surface area contributed by atoms with Gasteiger partial charge in [-0.25, -0.2) is 0 Å². The first-order valence-corrected chi connectivity index (χ1v) is 8.11. The lowest BCUT2D eigenvalue weighted by Gasteiger charge is -2.22. The third kappa shape index (κ3) is 3.86. The lowest BCUT2D eigenvalue weighted by Crippen LogP contribution is -2.31. The Bertz CT molecular complexity index is 690. The van der Waals surface area contributed by atoms with E-state index in [1.807, 2.05) is 64.2 Å². The van der Waals surface area contributed by atoms with Crippen molar-refractivity contribution < 1.29 is 9.21 Å². The maximum atomic E-state index is 12.6. The molecule has 3 rings (SSSR count). The Morgan fingerprint density at radius 1 is 1.00 bits per heavy atom. The van der Waals surface area contributed by atoms with E-state index in [2.05, 4.69) is 0 Å². The Morgan fingerprint density at radius 2 is 1.86 bits per heavy atom. The van der Waals surface area contributed by atoms with Crippen molar-refractivity contribution in [3.8, 4) is 0 Å². The first kappa shape index (κ1) is 14.6. The zero-order valence-corrected chi connectivity index (χ0v) is 13.0. The third-order valence-electron chi connectivity index (χ3n) is 3.43. The van der Waals surface area contributed by atoms with E-state index in [-0.39, 0.29) is 5.91 Å². The van der Waals surface area contributed by atoms with Gasteiger partial charge in [-0.2, -0.15) is 11.3 Å². The highest BCUT2D eigenvalue weighted by atomic mass is 32.1. The fourth-order valence-corrected chi connectivity index (χ4v) is 2.97. The summed E-state index contributed by atoms with van der Waals surface area (Å²) in [6, 6.07) is 15.8. The van der Waals surface area contributed by atoms with Gasteiger partial charge in [-0.3, -0.25) is 4.79 Å². The van der Waals surface area contributed by atoms with Crippen LogP contribution in [0.1, 0.15) is 16.9 Å². The molecule has 0 bridgehead atoms. The third-order valence-corrected chi connectivity index (χ3v) is 4.16. The van der Waals surface area contributed by atoms with Gasteiger partial charge in [0.25, 0.3) is 0 Å². The fourth-order valence-electron chi connectivity index (χ4n) is 2.31. The van der Waals surface area contributed by atoms with Gasteiger partial charge in [-0.05, 0) is 40.1 Å². The van der Waals surface area contributed by atoms with Gasteiger partial charge >= 0.3 is 0 Å². The summed E-state index contributed by atoms with van der Waals surface area (Å²) in [4.78, 5) is 14.5. The SMILES string of the molecule is O=C(Cc1ccsc1)N(Cc1ccccc1)Cc1ccco1. The van der Waals surface area contributed by atoms with E-state index in [1.54, 1.807) is 17.6 Å². The molecule has 2 aromatic heterocycles. The highest BCUT2D eigenvalue weighted by Gasteiger charge is 2.16. The molecule has 4 heteroatoms. The molecule has 22 heavy (non-hydrogen) atoms. The highest BCUT2D eigenvalue weighted by molar-refractivity contribution is 7.07. The molecule has 0 fully saturated rings. The van der Waals surface area contributed by atoms with Crippen LogP contribution >= 0.6 is 11.3 Å². The second-order valence-electron chi connectivity index (χ2n) is 5.12. The molecular formula is C18H17NO2S. The fraction of sp³-hybridized carbons (Fsp3) is 0.167. The summed E-state index contributed by atoms with van der Waals surface area (Å²) in [6.45, 7) is 1.08. The number of rotatable bonds is 6. The van der Waals surface area contributed by atoms with Gasteiger partial charge < -0.3 is 9.32 Å². The Morgan fingerprint density at radius 3 is 2.55 bits per heavy atom. The average molecular weight is 311 g/mol. The molecule has 0 aliphatic rings. The first-order valence-electron chi connectivity index (χ1n) is 7.16. The predicted molar refractivity (Wildman–Crippen MR) is 87.4 cm³/mol. The average Bonchev–Trinajstić information content (AvgIpc) is 3.21. The van der Waals surface area contributed by atoms with Crippen LogP contribution in [-0.4, -0.2) is 10.8 Å². The number of carbonyl (C=O) groups excluding carboxylic acids is 1. The molecule has 0 aliphatic heterocycles. The second-order valence-corrected chi connectivity index (χ2v) is 5.90. The van der Waals surface area contributed by atoms with Crippen molar-refractivity contribution in [2.24, 2.45) is 0 Å². The summed E-state index contributed by atoms with van der Waals surface area (Å²) in [5, 5.41) is 4.02. The number of carbonyl (C=O) groups is 1. The van der Waals surface area contributed by atoms with Crippen molar-refractivity contribution in [1.82, 2.24) is 4.90 Å². The van der Waals surface area contributed by atoms with Crippen LogP contribution in [0.2, 0.25) is 0 Å². The van der Waals surface area contributed by atoms with E-state index >= 15 is 0 Å². The summed E-state index contributed by atoms with van der Waals surface area (Å²) in [6.07, 6.45) is 2.07. The standard InChI is InChI=1S/C18H17NO2S/c20-18(11-16-8-10-22-14-16)19(13-17-7-4-9-21-17)12-15-5-2-1-3-6-15/h1-10,14H,11-13H2. The van der Waals surface area contributed by atoms with E-state index in [4.69, 9.17) is 4.42 Å². The molecule has 0 N–H and O–H groups in total. The van der Waals surface area contributed by atoms with E-state index < -0.39 is 0 Å². The highest BCUT2D eigenvalue weighted by Crippen LogP contribution is 2.14. The molecule has 0 atom stereocenters. The molecular weight excluding hydrogens is 294 g/mol. The minimum atomic E-state index is 0.110. The lowest BCUT2D eigenvalue weighted by atomic mass is 10.1. The molecule has 0 spiro atoms. The number of thiophene rings is 1. The minimum absolute atomic E-state index is 0.110. The molecule has 0 saturated carbocycles.